The van der Waals surface area contributed by atoms with Crippen LogP contribution in [-0.2, 0) is 9.09 Å². The van der Waals surface area contributed by atoms with Crippen molar-refractivity contribution in [2.24, 2.45) is 5.73 Å². The van der Waals surface area contributed by atoms with Gasteiger partial charge >= 0.3 is 0 Å². The summed E-state index contributed by atoms with van der Waals surface area (Å²) in [4.78, 5) is 18.3. The quantitative estimate of drug-likeness (QED) is 0.541. The molecule has 0 rings (SSSR count). The van der Waals surface area contributed by atoms with Crippen molar-refractivity contribution in [2.75, 3.05) is 34.3 Å². The Kier molecular flexibility index (Phi) is 7.69. The van der Waals surface area contributed by atoms with Crippen LogP contribution in [0.3, 0.4) is 0 Å². The number of nitrogens with zero attached hydrogens (tertiary/aromatic N) is 1. The van der Waals surface area contributed by atoms with E-state index in [1.165, 1.54) is 0 Å². The molecule has 0 aliphatic rings. The number of phosphoric ester groups is 1. The van der Waals surface area contributed by atoms with Crippen LogP contribution in [0.1, 0.15) is 20.8 Å². The first-order valence-corrected chi connectivity index (χ1v) is 6.48. The van der Waals surface area contributed by atoms with E-state index in [2.05, 4.69) is 4.52 Å². The normalized spacial score (nSPS) is 16.1. The summed E-state index contributed by atoms with van der Waals surface area (Å²) in [5.41, 5.74) is 5.35. The number of hydrogen-bond donors (Lipinski definition) is 2. The summed E-state index contributed by atoms with van der Waals surface area (Å²) in [6, 6.07) is 0. The lowest BCUT2D eigenvalue weighted by atomic mass is 10.1. The molecule has 0 bridgehead atoms. The van der Waals surface area contributed by atoms with E-state index in [0.717, 1.165) is 0 Å². The Balaban J connectivity index is 0. The van der Waals surface area contributed by atoms with Crippen molar-refractivity contribution in [2.45, 2.75) is 26.3 Å². The zero-order valence-corrected chi connectivity index (χ0v) is 12.0. The molecule has 0 amide bonds. The lowest BCUT2D eigenvalue weighted by Crippen LogP contribution is -2.37. The fourth-order valence-corrected chi connectivity index (χ4v) is 0.742. The predicted octanol–water partition coefficient (Wildman–Crippen LogP) is -0.0865. The predicted molar refractivity (Wildman–Crippen MR) is 62.6 cm³/mol. The minimum atomic E-state index is -4.51. The number of likely N-dealkylation sites (N-methyl/N-ethyl adjacent to an activating group) is 1. The summed E-state index contributed by atoms with van der Waals surface area (Å²) < 4.78 is 14.8. The van der Waals surface area contributed by atoms with Crippen LogP contribution >= 0.6 is 7.82 Å². The largest absolute Gasteiger partial charge is 0.756 e. The molecule has 0 saturated heterocycles. The first-order valence-electron chi connectivity index (χ1n) is 4.98. The SMILES string of the molecule is CC(C)(C)N.C[N+](C)(C)CCOP(=O)([O-])O. The molecule has 6 nitrogen and oxygen atoms in total. The fourth-order valence-electron chi connectivity index (χ4n) is 0.430. The van der Waals surface area contributed by atoms with Crippen LogP contribution in [0.25, 0.3) is 0 Å². The molecule has 7 heteroatoms. The number of phosphoric acid groups is 1. The summed E-state index contributed by atoms with van der Waals surface area (Å²) in [6.45, 7) is 6.45. The van der Waals surface area contributed by atoms with Crippen molar-refractivity contribution in [1.29, 1.82) is 0 Å². The van der Waals surface area contributed by atoms with E-state index in [4.69, 9.17) is 10.6 Å². The summed E-state index contributed by atoms with van der Waals surface area (Å²) in [7, 11) is 1.19. The van der Waals surface area contributed by atoms with Crippen molar-refractivity contribution in [3.8, 4) is 0 Å². The fraction of sp³-hybridized carbons (Fsp3) is 1.00. The molecule has 0 aromatic carbocycles. The van der Waals surface area contributed by atoms with Crippen LogP contribution in [0.5, 0.6) is 0 Å². The van der Waals surface area contributed by atoms with Gasteiger partial charge in [-0.05, 0) is 20.8 Å². The molecule has 0 aromatic heterocycles. The van der Waals surface area contributed by atoms with E-state index >= 15 is 0 Å². The van der Waals surface area contributed by atoms with Gasteiger partial charge in [-0.15, -0.1) is 0 Å². The van der Waals surface area contributed by atoms with Gasteiger partial charge in [0.15, 0.2) is 0 Å². The number of nitrogens with two attached hydrogens (primary N) is 1. The third-order valence-electron chi connectivity index (χ3n) is 1.02. The standard InChI is InChI=1S/C5H14NO4P.C4H11N/c1-6(2,3)4-5-10-11(7,8)9;1-4(2,3)5/h4-5H2,1-3H3,(H-,7,8,9);5H2,1-3H3. The van der Waals surface area contributed by atoms with Crippen molar-refractivity contribution < 1.29 is 23.4 Å². The van der Waals surface area contributed by atoms with Crippen LogP contribution in [0.4, 0.5) is 0 Å². The second-order valence-electron chi connectivity index (χ2n) is 5.68. The molecule has 0 spiro atoms. The molecule has 100 valence electrons. The van der Waals surface area contributed by atoms with E-state index in [1.54, 1.807) is 0 Å². The van der Waals surface area contributed by atoms with Crippen LogP contribution in [0.15, 0.2) is 0 Å². The van der Waals surface area contributed by atoms with Crippen LogP contribution in [-0.4, -0.2) is 49.2 Å². The first kappa shape index (κ1) is 18.4. The van der Waals surface area contributed by atoms with E-state index < -0.39 is 7.82 Å². The number of hydrogen-bond acceptors (Lipinski definition) is 4. The van der Waals surface area contributed by atoms with Crippen LogP contribution in [0, 0.1) is 0 Å². The van der Waals surface area contributed by atoms with Crippen molar-refractivity contribution in [1.82, 2.24) is 0 Å². The Morgan fingerprint density at radius 2 is 1.69 bits per heavy atom. The highest BCUT2D eigenvalue weighted by Gasteiger charge is 2.08. The number of rotatable bonds is 4. The lowest BCUT2D eigenvalue weighted by molar-refractivity contribution is -0.870. The molecule has 16 heavy (non-hydrogen) atoms. The Morgan fingerprint density at radius 3 is 1.88 bits per heavy atom. The third-order valence-corrected chi connectivity index (χ3v) is 1.53. The minimum absolute atomic E-state index is 0. The smallest absolute Gasteiger partial charge is 0.265 e. The molecule has 3 N–H and O–H groups in total. The van der Waals surface area contributed by atoms with Gasteiger partial charge in [-0.25, -0.2) is 0 Å². The molecule has 0 aromatic rings. The highest BCUT2D eigenvalue weighted by molar-refractivity contribution is 7.44. The lowest BCUT2D eigenvalue weighted by Gasteiger charge is -2.25. The van der Waals surface area contributed by atoms with Gasteiger partial charge in [-0.1, -0.05) is 0 Å². The van der Waals surface area contributed by atoms with Gasteiger partial charge in [0.1, 0.15) is 13.2 Å². The average Bonchev–Trinajstić information content (AvgIpc) is 1.74. The van der Waals surface area contributed by atoms with E-state index in [1.807, 2.05) is 41.9 Å². The van der Waals surface area contributed by atoms with Gasteiger partial charge in [0.2, 0.25) is 0 Å². The molecule has 0 radical (unpaired) electrons. The molecule has 0 aliphatic heterocycles. The van der Waals surface area contributed by atoms with Gasteiger partial charge in [0.05, 0.1) is 21.1 Å². The second kappa shape index (κ2) is 6.69. The van der Waals surface area contributed by atoms with Gasteiger partial charge in [0.25, 0.3) is 7.82 Å². The monoisotopic (exact) mass is 256 g/mol. The molecule has 1 unspecified atom stereocenters. The average molecular weight is 256 g/mol. The second-order valence-corrected chi connectivity index (χ2v) is 6.88. The Bertz CT molecular complexity index is 221. The zero-order valence-electron chi connectivity index (χ0n) is 11.1. The van der Waals surface area contributed by atoms with E-state index in [0.29, 0.717) is 11.0 Å². The van der Waals surface area contributed by atoms with Crippen LogP contribution < -0.4 is 10.6 Å². The number of quaternary nitrogens is 1. The van der Waals surface area contributed by atoms with Gasteiger partial charge in [-0.3, -0.25) is 4.57 Å². The summed E-state index contributed by atoms with van der Waals surface area (Å²) in [5, 5.41) is 0. The molecule has 0 fully saturated rings. The molecule has 0 heterocycles. The molecule has 1 atom stereocenters. The zero-order chi connectivity index (χ0) is 13.6. The van der Waals surface area contributed by atoms with Crippen molar-refractivity contribution >= 4 is 7.82 Å². The van der Waals surface area contributed by atoms with Gasteiger partial charge < -0.3 is 24.5 Å². The molecule has 0 saturated carbocycles. The van der Waals surface area contributed by atoms with Gasteiger partial charge in [-0.2, -0.15) is 0 Å². The summed E-state index contributed by atoms with van der Waals surface area (Å²) in [6.07, 6.45) is 0. The highest BCUT2D eigenvalue weighted by Crippen LogP contribution is 2.29. The molecule has 0 aliphatic carbocycles. The Hall–Kier alpha value is 0.0300. The van der Waals surface area contributed by atoms with Gasteiger partial charge in [0, 0.05) is 5.54 Å². The maximum atomic E-state index is 10.1. The molecular formula is C9H25N2O4P. The van der Waals surface area contributed by atoms with Crippen molar-refractivity contribution in [3.05, 3.63) is 0 Å². The van der Waals surface area contributed by atoms with Crippen LogP contribution in [0.2, 0.25) is 0 Å². The van der Waals surface area contributed by atoms with E-state index in [9.17, 15) is 9.46 Å². The Morgan fingerprint density at radius 1 is 1.38 bits per heavy atom. The third kappa shape index (κ3) is 36.9. The van der Waals surface area contributed by atoms with Crippen molar-refractivity contribution in [3.63, 3.8) is 0 Å². The summed E-state index contributed by atoms with van der Waals surface area (Å²) in [5.74, 6) is 0. The molecular weight excluding hydrogens is 231 g/mol. The van der Waals surface area contributed by atoms with E-state index in [-0.39, 0.29) is 12.1 Å². The minimum Gasteiger partial charge on any atom is -0.756 e. The maximum absolute atomic E-state index is 10.1. The Labute approximate surface area is 98.2 Å². The first-order chi connectivity index (χ1) is 6.71. The highest BCUT2D eigenvalue weighted by atomic mass is 31.2. The maximum Gasteiger partial charge on any atom is 0.265 e. The summed E-state index contributed by atoms with van der Waals surface area (Å²) >= 11 is 0. The topological polar surface area (TPSA) is 95.6 Å².